The third-order valence-corrected chi connectivity index (χ3v) is 1.70. The van der Waals surface area contributed by atoms with E-state index in [0.717, 1.165) is 13.0 Å². The maximum absolute atomic E-state index is 4.93. The molecule has 0 saturated carbocycles. The molecule has 0 heterocycles. The lowest BCUT2D eigenvalue weighted by Crippen LogP contribution is -1.91. The summed E-state index contributed by atoms with van der Waals surface area (Å²) < 4.78 is 4.93. The maximum Gasteiger partial charge on any atom is 0.0496 e. The van der Waals surface area contributed by atoms with E-state index < -0.39 is 0 Å². The van der Waals surface area contributed by atoms with E-state index in [4.69, 9.17) is 4.74 Å². The number of methoxy groups -OCH3 is 1. The molecule has 10 heavy (non-hydrogen) atoms. The zero-order chi connectivity index (χ0) is 7.98. The Kier molecular flexibility index (Phi) is 5.32. The minimum atomic E-state index is 0.678. The van der Waals surface area contributed by atoms with Gasteiger partial charge in [-0.15, -0.1) is 0 Å². The van der Waals surface area contributed by atoms with E-state index >= 15 is 0 Å². The number of ether oxygens (including phenoxy) is 1. The summed E-state index contributed by atoms with van der Waals surface area (Å²) in [5.41, 5.74) is 1.46. The van der Waals surface area contributed by atoms with Crippen LogP contribution in [0.1, 0.15) is 27.2 Å². The van der Waals surface area contributed by atoms with Gasteiger partial charge >= 0.3 is 0 Å². The molecule has 0 aromatic rings. The molecule has 0 unspecified atom stereocenters. The Bertz CT molecular complexity index is 103. The second-order valence-corrected chi connectivity index (χ2v) is 2.88. The van der Waals surface area contributed by atoms with Crippen molar-refractivity contribution in [3.05, 3.63) is 11.6 Å². The summed E-state index contributed by atoms with van der Waals surface area (Å²) >= 11 is 0. The predicted octanol–water partition coefficient (Wildman–Crippen LogP) is 2.63. The number of hydrogen-bond acceptors (Lipinski definition) is 1. The lowest BCUT2D eigenvalue weighted by Gasteiger charge is -2.03. The Balaban J connectivity index is 3.48. The third-order valence-electron chi connectivity index (χ3n) is 1.70. The van der Waals surface area contributed by atoms with Crippen LogP contribution in [0.4, 0.5) is 0 Å². The molecule has 0 aliphatic rings. The van der Waals surface area contributed by atoms with Crippen molar-refractivity contribution in [3.8, 4) is 0 Å². The van der Waals surface area contributed by atoms with Gasteiger partial charge in [-0.25, -0.2) is 0 Å². The van der Waals surface area contributed by atoms with Crippen LogP contribution >= 0.6 is 0 Å². The van der Waals surface area contributed by atoms with Crippen molar-refractivity contribution in [2.24, 2.45) is 5.92 Å². The summed E-state index contributed by atoms with van der Waals surface area (Å²) in [5, 5.41) is 0. The SMILES string of the molecule is COCCC=C(C)C(C)C. The van der Waals surface area contributed by atoms with Gasteiger partial charge in [-0.05, 0) is 19.3 Å². The number of allylic oxidation sites excluding steroid dienone is 1. The van der Waals surface area contributed by atoms with Crippen molar-refractivity contribution in [1.82, 2.24) is 0 Å². The molecular formula is C9H18O. The first-order valence-corrected chi connectivity index (χ1v) is 3.84. The zero-order valence-corrected chi connectivity index (χ0v) is 7.48. The van der Waals surface area contributed by atoms with Crippen LogP contribution in [0.25, 0.3) is 0 Å². The Hall–Kier alpha value is -0.300. The monoisotopic (exact) mass is 142 g/mol. The first-order valence-electron chi connectivity index (χ1n) is 3.84. The van der Waals surface area contributed by atoms with Gasteiger partial charge in [0.25, 0.3) is 0 Å². The van der Waals surface area contributed by atoms with E-state index in [-0.39, 0.29) is 0 Å². The van der Waals surface area contributed by atoms with Crippen molar-refractivity contribution >= 4 is 0 Å². The van der Waals surface area contributed by atoms with Crippen LogP contribution in [-0.2, 0) is 4.74 Å². The van der Waals surface area contributed by atoms with Crippen LogP contribution in [0.15, 0.2) is 11.6 Å². The van der Waals surface area contributed by atoms with Crippen LogP contribution in [0.3, 0.4) is 0 Å². The van der Waals surface area contributed by atoms with Crippen LogP contribution in [0.5, 0.6) is 0 Å². The molecule has 0 rings (SSSR count). The summed E-state index contributed by atoms with van der Waals surface area (Å²) in [6.45, 7) is 7.42. The zero-order valence-electron chi connectivity index (χ0n) is 7.48. The number of rotatable bonds is 4. The van der Waals surface area contributed by atoms with E-state index in [1.807, 2.05) is 0 Å². The van der Waals surface area contributed by atoms with Gasteiger partial charge in [0.1, 0.15) is 0 Å². The summed E-state index contributed by atoms with van der Waals surface area (Å²) in [7, 11) is 1.73. The first kappa shape index (κ1) is 9.70. The smallest absolute Gasteiger partial charge is 0.0496 e. The fourth-order valence-electron chi connectivity index (χ4n) is 0.640. The molecule has 0 bridgehead atoms. The Labute approximate surface area is 64.1 Å². The molecule has 1 heteroatoms. The largest absolute Gasteiger partial charge is 0.384 e. The average Bonchev–Trinajstić information content (AvgIpc) is 1.88. The highest BCUT2D eigenvalue weighted by atomic mass is 16.5. The van der Waals surface area contributed by atoms with Gasteiger partial charge in [0.2, 0.25) is 0 Å². The van der Waals surface area contributed by atoms with Crippen molar-refractivity contribution < 1.29 is 4.74 Å². The fourth-order valence-corrected chi connectivity index (χ4v) is 0.640. The van der Waals surface area contributed by atoms with Crippen molar-refractivity contribution in [3.63, 3.8) is 0 Å². The second kappa shape index (κ2) is 5.48. The van der Waals surface area contributed by atoms with Gasteiger partial charge in [0, 0.05) is 13.7 Å². The minimum absolute atomic E-state index is 0.678. The van der Waals surface area contributed by atoms with E-state index in [9.17, 15) is 0 Å². The van der Waals surface area contributed by atoms with Gasteiger partial charge in [-0.2, -0.15) is 0 Å². The average molecular weight is 142 g/mol. The predicted molar refractivity (Wildman–Crippen MR) is 45.1 cm³/mol. The highest BCUT2D eigenvalue weighted by Gasteiger charge is 1.93. The lowest BCUT2D eigenvalue weighted by atomic mass is 10.0. The topological polar surface area (TPSA) is 9.23 Å². The van der Waals surface area contributed by atoms with Crippen LogP contribution in [0.2, 0.25) is 0 Å². The molecule has 1 nitrogen and oxygen atoms in total. The van der Waals surface area contributed by atoms with E-state index in [0.29, 0.717) is 5.92 Å². The quantitative estimate of drug-likeness (QED) is 0.433. The molecule has 0 fully saturated rings. The highest BCUT2D eigenvalue weighted by Crippen LogP contribution is 2.08. The van der Waals surface area contributed by atoms with Gasteiger partial charge in [-0.3, -0.25) is 0 Å². The molecule has 0 amide bonds. The lowest BCUT2D eigenvalue weighted by molar-refractivity contribution is 0.204. The molecule has 0 N–H and O–H groups in total. The summed E-state index contributed by atoms with van der Waals surface area (Å²) in [6, 6.07) is 0. The van der Waals surface area contributed by atoms with Gasteiger partial charge in [0.15, 0.2) is 0 Å². The van der Waals surface area contributed by atoms with E-state index in [2.05, 4.69) is 26.8 Å². The van der Waals surface area contributed by atoms with Crippen molar-refractivity contribution in [1.29, 1.82) is 0 Å². The molecular weight excluding hydrogens is 124 g/mol. The normalized spacial score (nSPS) is 12.7. The van der Waals surface area contributed by atoms with E-state index in [1.165, 1.54) is 5.57 Å². The van der Waals surface area contributed by atoms with Gasteiger partial charge < -0.3 is 4.74 Å². The molecule has 0 aromatic carbocycles. The van der Waals surface area contributed by atoms with Gasteiger partial charge in [-0.1, -0.05) is 25.5 Å². The summed E-state index contributed by atoms with van der Waals surface area (Å²) in [6.07, 6.45) is 3.29. The molecule has 0 aromatic heterocycles. The minimum Gasteiger partial charge on any atom is -0.384 e. The highest BCUT2D eigenvalue weighted by molar-refractivity contribution is 5.00. The molecule has 0 aliphatic heterocycles. The van der Waals surface area contributed by atoms with Crippen molar-refractivity contribution in [2.75, 3.05) is 13.7 Å². The molecule has 60 valence electrons. The molecule has 0 aliphatic carbocycles. The Morgan fingerprint density at radius 3 is 2.50 bits per heavy atom. The van der Waals surface area contributed by atoms with Crippen LogP contribution in [-0.4, -0.2) is 13.7 Å². The van der Waals surface area contributed by atoms with Gasteiger partial charge in [0.05, 0.1) is 0 Å². The maximum atomic E-state index is 4.93. The third kappa shape index (κ3) is 4.57. The van der Waals surface area contributed by atoms with Crippen molar-refractivity contribution in [2.45, 2.75) is 27.2 Å². The Morgan fingerprint density at radius 2 is 2.10 bits per heavy atom. The second-order valence-electron chi connectivity index (χ2n) is 2.88. The standard InChI is InChI=1S/C9H18O/c1-8(2)9(3)6-5-7-10-4/h6,8H,5,7H2,1-4H3. The van der Waals surface area contributed by atoms with Crippen LogP contribution in [0, 0.1) is 5.92 Å². The number of hydrogen-bond donors (Lipinski definition) is 0. The molecule has 0 radical (unpaired) electrons. The molecule has 0 spiro atoms. The Morgan fingerprint density at radius 1 is 1.50 bits per heavy atom. The fraction of sp³-hybridized carbons (Fsp3) is 0.778. The van der Waals surface area contributed by atoms with E-state index in [1.54, 1.807) is 7.11 Å². The molecule has 0 atom stereocenters. The summed E-state index contributed by atoms with van der Waals surface area (Å²) in [5.74, 6) is 0.678. The summed E-state index contributed by atoms with van der Waals surface area (Å²) in [4.78, 5) is 0. The van der Waals surface area contributed by atoms with Crippen LogP contribution < -0.4 is 0 Å². The molecule has 0 saturated heterocycles. The first-order chi connectivity index (χ1) is 4.68.